The van der Waals surface area contributed by atoms with Gasteiger partial charge >= 0.3 is 83.2 Å². The first-order chi connectivity index (χ1) is 38.8. The first-order valence-electron chi connectivity index (χ1n) is 23.9. The largest absolute Gasteiger partial charge is 0.460 e. The first kappa shape index (κ1) is 82.4. The molecular weight excluding hydrogens is 1280 g/mol. The average Bonchev–Trinajstić information content (AvgIpc) is 1.41. The molecule has 0 saturated heterocycles. The lowest BCUT2D eigenvalue weighted by atomic mass is 9.83. The van der Waals surface area contributed by atoms with E-state index in [4.69, 9.17) is 61.9 Å². The summed E-state index contributed by atoms with van der Waals surface area (Å²) in [5.41, 5.74) is 0. The van der Waals surface area contributed by atoms with E-state index < -0.39 is 109 Å². The molecule has 0 aromatic rings. The molecule has 0 saturated carbocycles. The first-order valence-corrected chi connectivity index (χ1v) is 23.9. The summed E-state index contributed by atoms with van der Waals surface area (Å²) >= 11 is 0. The normalized spacial score (nSPS) is 14.8. The third-order valence-electron chi connectivity index (χ3n) is 10.4. The third-order valence-corrected chi connectivity index (χ3v) is 10.4. The molecule has 0 aliphatic carbocycles. The van der Waals surface area contributed by atoms with Crippen LogP contribution in [0.5, 0.6) is 0 Å². The molecule has 43 heteroatoms. The molecule has 0 amide bonds. The van der Waals surface area contributed by atoms with Gasteiger partial charge < -0.3 is 66.7 Å². The molecule has 0 radical (unpaired) electrons. The minimum absolute atomic E-state index is 0.0125. The lowest BCUT2D eigenvalue weighted by molar-refractivity contribution is -0.487. The van der Waals surface area contributed by atoms with Gasteiger partial charge in [0.05, 0.1) is 178 Å². The number of aliphatic hydroxyl groups is 1. The lowest BCUT2D eigenvalue weighted by Gasteiger charge is -2.46. The fourth-order valence-corrected chi connectivity index (χ4v) is 5.54. The van der Waals surface area contributed by atoms with Crippen molar-refractivity contribution in [3.63, 3.8) is 0 Å². The van der Waals surface area contributed by atoms with E-state index in [2.05, 4.69) is 4.74 Å². The molecule has 0 aliphatic rings. The summed E-state index contributed by atoms with van der Waals surface area (Å²) in [5.74, 6) is -121. The van der Waals surface area contributed by atoms with Crippen LogP contribution < -0.4 is 0 Å². The second-order valence-corrected chi connectivity index (χ2v) is 16.5. The van der Waals surface area contributed by atoms with Gasteiger partial charge in [0.2, 0.25) is 0 Å². The van der Waals surface area contributed by atoms with Gasteiger partial charge in [-0.1, -0.05) is 0 Å². The zero-order valence-electron chi connectivity index (χ0n) is 43.5. The van der Waals surface area contributed by atoms with Gasteiger partial charge in [-0.15, -0.1) is 0 Å². The van der Waals surface area contributed by atoms with Crippen LogP contribution in [-0.4, -0.2) is 267 Å². The van der Waals surface area contributed by atoms with E-state index in [0.29, 0.717) is 79.3 Å². The summed E-state index contributed by atoms with van der Waals surface area (Å²) in [6.45, 7) is 1.23. The summed E-state index contributed by atoms with van der Waals surface area (Å²) < 4.78 is 465. The number of hydrogen-bond acceptors (Lipinski definition) is 14. The molecule has 0 atom stereocenters. The maximum absolute atomic E-state index is 14.2. The van der Waals surface area contributed by atoms with E-state index in [1.807, 2.05) is 0 Å². The third kappa shape index (κ3) is 20.7. The molecule has 0 rings (SSSR count). The van der Waals surface area contributed by atoms with E-state index in [-0.39, 0.29) is 79.3 Å². The number of ether oxygens (including phenoxy) is 13. The van der Waals surface area contributed by atoms with Crippen molar-refractivity contribution >= 4 is 0 Å². The van der Waals surface area contributed by atoms with Crippen LogP contribution in [0, 0.1) is 0 Å². The van der Waals surface area contributed by atoms with Gasteiger partial charge in [-0.2, -0.15) is 127 Å². The summed E-state index contributed by atoms with van der Waals surface area (Å²) in [4.78, 5) is 0. The molecule has 0 fully saturated rings. The molecule has 0 unspecified atom stereocenters. The predicted octanol–water partition coefficient (Wildman–Crippen LogP) is 9.41. The van der Waals surface area contributed by atoms with Crippen molar-refractivity contribution in [2.45, 2.75) is 89.6 Å². The highest BCUT2D eigenvalue weighted by atomic mass is 19.4. The Labute approximate surface area is 462 Å². The highest BCUT2D eigenvalue weighted by Crippen LogP contribution is 2.69. The molecule has 0 aliphatic heterocycles. The Morgan fingerprint density at radius 2 is 0.294 bits per heavy atom. The van der Waals surface area contributed by atoms with Gasteiger partial charge in [-0.3, -0.25) is 0 Å². The molecular formula is C42H57F29O14. The molecule has 0 aromatic heterocycles. The summed E-state index contributed by atoms with van der Waals surface area (Å²) in [7, 11) is 0. The van der Waals surface area contributed by atoms with E-state index >= 15 is 0 Å². The standard InChI is InChI=1S/C42H57F29O14/c43-29(44,30(45,46)31(47,48)32(49,50)33(51,52)34(53,54)35(55,56)36(57,58)37(59,60)38(61,62)39(63,64)40(65,66)41(67,68)42(69,70)71)1-3-73-5-7-75-9-11-77-13-15-79-17-19-81-21-23-83-25-27-85-28-26-84-24-22-82-20-18-80-16-14-78-12-10-76-8-6-74-4-2-72/h72H,1-28H2. The van der Waals surface area contributed by atoms with Crippen LogP contribution in [-0.2, 0) is 61.6 Å². The molecule has 0 aromatic carbocycles. The van der Waals surface area contributed by atoms with Gasteiger partial charge in [0.15, 0.2) is 0 Å². The fourth-order valence-electron chi connectivity index (χ4n) is 5.54. The highest BCUT2D eigenvalue weighted by molar-refractivity contribution is 5.21. The summed E-state index contributed by atoms with van der Waals surface area (Å²) in [6.07, 6.45) is -11.4. The van der Waals surface area contributed by atoms with Crippen molar-refractivity contribution in [3.05, 3.63) is 0 Å². The Morgan fingerprint density at radius 1 is 0.165 bits per heavy atom. The quantitative estimate of drug-likeness (QED) is 0.0457. The summed E-state index contributed by atoms with van der Waals surface area (Å²) in [5, 5.41) is 8.57. The van der Waals surface area contributed by atoms with Gasteiger partial charge in [0.25, 0.3) is 0 Å². The van der Waals surface area contributed by atoms with E-state index in [9.17, 15) is 127 Å². The van der Waals surface area contributed by atoms with Crippen LogP contribution in [0.2, 0.25) is 0 Å². The van der Waals surface area contributed by atoms with Crippen molar-refractivity contribution in [1.29, 1.82) is 0 Å². The second kappa shape index (κ2) is 35.1. The zero-order chi connectivity index (χ0) is 66.0. The SMILES string of the molecule is OCCOCCOCCOCCOCCOCCOCCOCCOCCOCCOCCOCCOCCOCCC(F)(F)C(F)(F)C(F)(F)C(F)(F)C(F)(F)C(F)(F)C(F)(F)C(F)(F)C(F)(F)C(F)(F)C(F)(F)C(F)(F)C(F)(F)C(F)(F)F. The molecule has 14 nitrogen and oxygen atoms in total. The van der Waals surface area contributed by atoms with Crippen molar-refractivity contribution < 1.29 is 194 Å². The van der Waals surface area contributed by atoms with Crippen molar-refractivity contribution in [1.82, 2.24) is 0 Å². The van der Waals surface area contributed by atoms with Crippen molar-refractivity contribution in [2.24, 2.45) is 0 Å². The van der Waals surface area contributed by atoms with Gasteiger partial charge in [0, 0.05) is 6.42 Å². The maximum Gasteiger partial charge on any atom is 0.460 e. The van der Waals surface area contributed by atoms with E-state index in [1.165, 1.54) is 0 Å². The van der Waals surface area contributed by atoms with Crippen molar-refractivity contribution in [3.8, 4) is 0 Å². The Morgan fingerprint density at radius 3 is 0.447 bits per heavy atom. The van der Waals surface area contributed by atoms with Crippen molar-refractivity contribution in [2.75, 3.05) is 178 Å². The van der Waals surface area contributed by atoms with Crippen LogP contribution in [0.1, 0.15) is 6.42 Å². The molecule has 85 heavy (non-hydrogen) atoms. The monoisotopic (exact) mass is 1340 g/mol. The average molecular weight is 1340 g/mol. The number of rotatable bonds is 53. The Balaban J connectivity index is 4.59. The zero-order valence-corrected chi connectivity index (χ0v) is 43.5. The fraction of sp³-hybridized carbons (Fsp3) is 1.00. The Hall–Kier alpha value is -2.59. The van der Waals surface area contributed by atoms with E-state index in [1.54, 1.807) is 0 Å². The topological polar surface area (TPSA) is 140 Å². The number of hydrogen-bond donors (Lipinski definition) is 1. The minimum atomic E-state index is -9.97. The molecule has 0 bridgehead atoms. The highest BCUT2D eigenvalue weighted by Gasteiger charge is 3.01. The summed E-state index contributed by atoms with van der Waals surface area (Å²) in [6, 6.07) is 0. The molecule has 0 spiro atoms. The number of alkyl halides is 29. The minimum Gasteiger partial charge on any atom is -0.394 e. The Kier molecular flexibility index (Phi) is 34.1. The second-order valence-electron chi connectivity index (χ2n) is 16.5. The number of aliphatic hydroxyl groups excluding tert-OH is 1. The number of halogens is 29. The smallest absolute Gasteiger partial charge is 0.394 e. The van der Waals surface area contributed by atoms with E-state index in [0.717, 1.165) is 0 Å². The van der Waals surface area contributed by atoms with Crippen LogP contribution in [0.15, 0.2) is 0 Å². The van der Waals surface area contributed by atoms with Crippen LogP contribution in [0.25, 0.3) is 0 Å². The Bertz CT molecular complexity index is 1800. The predicted molar refractivity (Wildman–Crippen MR) is 223 cm³/mol. The van der Waals surface area contributed by atoms with Crippen LogP contribution >= 0.6 is 0 Å². The van der Waals surface area contributed by atoms with Gasteiger partial charge in [-0.25, -0.2) is 0 Å². The van der Waals surface area contributed by atoms with Crippen LogP contribution in [0.3, 0.4) is 0 Å². The molecule has 512 valence electrons. The lowest BCUT2D eigenvalue weighted by Crippen LogP contribution is -2.79. The van der Waals surface area contributed by atoms with Gasteiger partial charge in [0.1, 0.15) is 0 Å². The maximum atomic E-state index is 14.2. The molecule has 0 heterocycles. The van der Waals surface area contributed by atoms with Crippen LogP contribution in [0.4, 0.5) is 127 Å². The molecule has 1 N–H and O–H groups in total. The van der Waals surface area contributed by atoms with Gasteiger partial charge in [-0.05, 0) is 0 Å².